The molecule has 0 bridgehead atoms. The standard InChI is InChI=1S/C18H24F6O2/c1-9-5-6-12(15(3,25)17(19,20)21)14(9)11-7-10(2)13(8-11)16(4,26)18(22,23)24/h6,8-11,14,25-26H,5,7H2,1-4H3. The van der Waals surface area contributed by atoms with Gasteiger partial charge in [-0.15, -0.1) is 0 Å². The monoisotopic (exact) mass is 386 g/mol. The summed E-state index contributed by atoms with van der Waals surface area (Å²) >= 11 is 0. The third kappa shape index (κ3) is 3.30. The molecule has 6 unspecified atom stereocenters. The van der Waals surface area contributed by atoms with Gasteiger partial charge in [0.15, 0.2) is 11.2 Å². The highest BCUT2D eigenvalue weighted by Gasteiger charge is 2.58. The van der Waals surface area contributed by atoms with Crippen LogP contribution >= 0.6 is 0 Å². The second kappa shape index (κ2) is 6.26. The molecule has 2 aliphatic rings. The lowest BCUT2D eigenvalue weighted by Gasteiger charge is -2.35. The molecule has 0 radical (unpaired) electrons. The fourth-order valence-electron chi connectivity index (χ4n) is 4.30. The van der Waals surface area contributed by atoms with E-state index in [-0.39, 0.29) is 23.5 Å². The average Bonchev–Trinajstić information content (AvgIpc) is 2.99. The van der Waals surface area contributed by atoms with Crippen molar-refractivity contribution in [2.24, 2.45) is 23.7 Å². The van der Waals surface area contributed by atoms with Crippen LogP contribution in [0.15, 0.2) is 23.3 Å². The number of allylic oxidation sites excluding steroid dienone is 2. The van der Waals surface area contributed by atoms with E-state index in [9.17, 15) is 36.6 Å². The number of rotatable bonds is 3. The first-order valence-electron chi connectivity index (χ1n) is 8.52. The van der Waals surface area contributed by atoms with Gasteiger partial charge < -0.3 is 10.2 Å². The van der Waals surface area contributed by atoms with Crippen molar-refractivity contribution in [2.75, 3.05) is 0 Å². The van der Waals surface area contributed by atoms with Crippen LogP contribution in [0.5, 0.6) is 0 Å². The van der Waals surface area contributed by atoms with Crippen LogP contribution in [0.1, 0.15) is 40.5 Å². The van der Waals surface area contributed by atoms with E-state index < -0.39 is 41.3 Å². The van der Waals surface area contributed by atoms with Gasteiger partial charge in [0.05, 0.1) is 0 Å². The van der Waals surface area contributed by atoms with E-state index in [4.69, 9.17) is 0 Å². The van der Waals surface area contributed by atoms with Crippen molar-refractivity contribution < 1.29 is 36.6 Å². The molecule has 0 amide bonds. The molecule has 2 N–H and O–H groups in total. The minimum absolute atomic E-state index is 0.196. The lowest BCUT2D eigenvalue weighted by molar-refractivity contribution is -0.239. The van der Waals surface area contributed by atoms with Gasteiger partial charge in [-0.1, -0.05) is 26.0 Å². The summed E-state index contributed by atoms with van der Waals surface area (Å²) in [6.07, 6.45) is -6.63. The Balaban J connectivity index is 2.40. The Morgan fingerprint density at radius 1 is 0.885 bits per heavy atom. The van der Waals surface area contributed by atoms with E-state index in [0.29, 0.717) is 20.3 Å². The maximum atomic E-state index is 13.3. The van der Waals surface area contributed by atoms with Crippen LogP contribution in [0.2, 0.25) is 0 Å². The van der Waals surface area contributed by atoms with Gasteiger partial charge in [0, 0.05) is 0 Å². The van der Waals surface area contributed by atoms with Crippen LogP contribution in [0, 0.1) is 23.7 Å². The summed E-state index contributed by atoms with van der Waals surface area (Å²) in [5, 5.41) is 20.0. The topological polar surface area (TPSA) is 40.5 Å². The summed E-state index contributed by atoms with van der Waals surface area (Å²) in [7, 11) is 0. The minimum Gasteiger partial charge on any atom is -0.377 e. The third-order valence-electron chi connectivity index (χ3n) is 5.92. The maximum Gasteiger partial charge on any atom is 0.420 e. The Morgan fingerprint density at radius 2 is 1.35 bits per heavy atom. The molecule has 0 heterocycles. The van der Waals surface area contributed by atoms with Crippen molar-refractivity contribution in [3.63, 3.8) is 0 Å². The van der Waals surface area contributed by atoms with E-state index in [1.807, 2.05) is 0 Å². The van der Waals surface area contributed by atoms with Crippen molar-refractivity contribution in [1.29, 1.82) is 0 Å². The zero-order valence-electron chi connectivity index (χ0n) is 15.0. The molecule has 0 saturated carbocycles. The second-order valence-corrected chi connectivity index (χ2v) is 7.96. The van der Waals surface area contributed by atoms with Crippen molar-refractivity contribution in [1.82, 2.24) is 0 Å². The number of hydrogen-bond acceptors (Lipinski definition) is 2. The predicted octanol–water partition coefficient (Wildman–Crippen LogP) is 4.78. The number of aliphatic hydroxyl groups is 2. The quantitative estimate of drug-likeness (QED) is 0.542. The maximum absolute atomic E-state index is 13.3. The lowest BCUT2D eigenvalue weighted by atomic mass is 9.75. The van der Waals surface area contributed by atoms with Gasteiger partial charge in [-0.25, -0.2) is 0 Å². The van der Waals surface area contributed by atoms with E-state index in [0.717, 1.165) is 0 Å². The van der Waals surface area contributed by atoms with Gasteiger partial charge in [0.2, 0.25) is 0 Å². The predicted molar refractivity (Wildman–Crippen MR) is 84.1 cm³/mol. The molecule has 26 heavy (non-hydrogen) atoms. The molecular weight excluding hydrogens is 362 g/mol. The minimum atomic E-state index is -4.88. The summed E-state index contributed by atoms with van der Waals surface area (Å²) in [6, 6.07) is 0. The number of hydrogen-bond donors (Lipinski definition) is 2. The Labute approximate surface area is 148 Å². The van der Waals surface area contributed by atoms with E-state index in [1.54, 1.807) is 6.92 Å². The second-order valence-electron chi connectivity index (χ2n) is 7.96. The first kappa shape index (κ1) is 21.3. The first-order chi connectivity index (χ1) is 11.5. The zero-order chi connectivity index (χ0) is 20.3. The molecule has 2 aliphatic carbocycles. The van der Waals surface area contributed by atoms with Crippen LogP contribution in [0.3, 0.4) is 0 Å². The van der Waals surface area contributed by atoms with Crippen LogP contribution in [0.25, 0.3) is 0 Å². The SMILES string of the molecule is CC1CC(C2C(C(C)(O)C(F)(F)F)=CCC2C)C=C1C(C)(O)C(F)(F)F. The largest absolute Gasteiger partial charge is 0.420 e. The van der Waals surface area contributed by atoms with Crippen LogP contribution in [-0.2, 0) is 0 Å². The molecule has 0 aromatic carbocycles. The summed E-state index contributed by atoms with van der Waals surface area (Å²) in [5.41, 5.74) is -6.48. The smallest absolute Gasteiger partial charge is 0.377 e. The highest BCUT2D eigenvalue weighted by Crippen LogP contribution is 2.53. The van der Waals surface area contributed by atoms with Gasteiger partial charge in [0.25, 0.3) is 0 Å². The summed E-state index contributed by atoms with van der Waals surface area (Å²) in [5.74, 6) is -2.20. The molecule has 2 rings (SSSR count). The molecule has 0 saturated heterocycles. The van der Waals surface area contributed by atoms with Gasteiger partial charge >= 0.3 is 12.4 Å². The Bertz CT molecular complexity index is 612. The van der Waals surface area contributed by atoms with Gasteiger partial charge in [-0.2, -0.15) is 26.3 Å². The zero-order valence-corrected chi connectivity index (χ0v) is 15.0. The molecular formula is C18H24F6O2. The molecule has 6 atom stereocenters. The highest BCUT2D eigenvalue weighted by molar-refractivity contribution is 5.33. The fraction of sp³-hybridized carbons (Fsp3) is 0.778. The molecule has 0 aromatic rings. The highest BCUT2D eigenvalue weighted by atomic mass is 19.4. The Kier molecular flexibility index (Phi) is 5.12. The average molecular weight is 386 g/mol. The molecule has 0 spiro atoms. The van der Waals surface area contributed by atoms with Crippen molar-refractivity contribution >= 4 is 0 Å². The number of alkyl halides is 6. The molecule has 0 fully saturated rings. The Hall–Kier alpha value is -1.02. The van der Waals surface area contributed by atoms with Gasteiger partial charge in [0.1, 0.15) is 0 Å². The summed E-state index contributed by atoms with van der Waals surface area (Å²) in [6.45, 7) is 4.59. The van der Waals surface area contributed by atoms with E-state index >= 15 is 0 Å². The lowest BCUT2D eigenvalue weighted by Crippen LogP contribution is -2.46. The van der Waals surface area contributed by atoms with Crippen molar-refractivity contribution in [3.05, 3.63) is 23.3 Å². The normalized spacial score (nSPS) is 34.9. The van der Waals surface area contributed by atoms with Crippen LogP contribution in [0.4, 0.5) is 26.3 Å². The van der Waals surface area contributed by atoms with Crippen LogP contribution < -0.4 is 0 Å². The van der Waals surface area contributed by atoms with Crippen LogP contribution in [-0.4, -0.2) is 33.8 Å². The molecule has 150 valence electrons. The summed E-state index contributed by atoms with van der Waals surface area (Å²) in [4.78, 5) is 0. The first-order valence-corrected chi connectivity index (χ1v) is 8.52. The van der Waals surface area contributed by atoms with Crippen molar-refractivity contribution in [3.8, 4) is 0 Å². The van der Waals surface area contributed by atoms with Gasteiger partial charge in [-0.3, -0.25) is 0 Å². The third-order valence-corrected chi connectivity index (χ3v) is 5.92. The Morgan fingerprint density at radius 3 is 1.81 bits per heavy atom. The fourth-order valence-corrected chi connectivity index (χ4v) is 4.30. The van der Waals surface area contributed by atoms with Gasteiger partial charge in [-0.05, 0) is 61.5 Å². The molecule has 0 aliphatic heterocycles. The van der Waals surface area contributed by atoms with E-state index in [1.165, 1.54) is 19.1 Å². The van der Waals surface area contributed by atoms with Crippen molar-refractivity contribution in [2.45, 2.75) is 64.1 Å². The summed E-state index contributed by atoms with van der Waals surface area (Å²) < 4.78 is 79.3. The number of halogens is 6. The van der Waals surface area contributed by atoms with E-state index in [2.05, 4.69) is 0 Å². The molecule has 0 aromatic heterocycles. The molecule has 2 nitrogen and oxygen atoms in total. The molecule has 8 heteroatoms.